The van der Waals surface area contributed by atoms with Gasteiger partial charge in [-0.1, -0.05) is 73.8 Å². The van der Waals surface area contributed by atoms with Gasteiger partial charge in [-0.15, -0.1) is 11.3 Å². The second kappa shape index (κ2) is 11.2. The van der Waals surface area contributed by atoms with E-state index in [0.29, 0.717) is 33.6 Å². The lowest BCUT2D eigenvalue weighted by molar-refractivity contribution is 0.0740. The van der Waals surface area contributed by atoms with Crippen LogP contribution in [0.25, 0.3) is 10.1 Å². The number of carbonyl (C=O) groups excluding carboxylic acids is 1. The van der Waals surface area contributed by atoms with Crippen LogP contribution in [0.2, 0.25) is 5.02 Å². The molecule has 192 valence electrons. The summed E-state index contributed by atoms with van der Waals surface area (Å²) in [6, 6.07) is 22.4. The molecule has 1 aliphatic rings. The molecule has 1 aliphatic heterocycles. The van der Waals surface area contributed by atoms with Crippen molar-refractivity contribution in [2.45, 2.75) is 32.1 Å². The van der Waals surface area contributed by atoms with Gasteiger partial charge in [0.05, 0.1) is 17.5 Å². The Bertz CT molecular complexity index is 1590. The molecule has 0 bridgehead atoms. The molecule has 0 spiro atoms. The van der Waals surface area contributed by atoms with E-state index in [2.05, 4.69) is 13.0 Å². The number of nitrogens with two attached hydrogens (primary N) is 1. The van der Waals surface area contributed by atoms with Crippen molar-refractivity contribution in [3.8, 4) is 23.3 Å². The maximum atomic E-state index is 13.0. The fourth-order valence-corrected chi connectivity index (χ4v) is 5.89. The van der Waals surface area contributed by atoms with Gasteiger partial charge in [0.25, 0.3) is 0 Å². The third kappa shape index (κ3) is 4.93. The molecule has 5 rings (SSSR count). The minimum absolute atomic E-state index is 0.00168. The van der Waals surface area contributed by atoms with Gasteiger partial charge in [-0.3, -0.25) is 0 Å². The van der Waals surface area contributed by atoms with E-state index in [1.54, 1.807) is 18.2 Å². The van der Waals surface area contributed by atoms with E-state index in [9.17, 15) is 10.1 Å². The smallest absolute Gasteiger partial charge is 0.355 e. The molecule has 0 fully saturated rings. The summed E-state index contributed by atoms with van der Waals surface area (Å²) < 4.78 is 18.5. The van der Waals surface area contributed by atoms with Crippen molar-refractivity contribution in [2.75, 3.05) is 6.61 Å². The van der Waals surface area contributed by atoms with Crippen LogP contribution in [0.15, 0.2) is 78.2 Å². The summed E-state index contributed by atoms with van der Waals surface area (Å²) in [6.07, 6.45) is 3.11. The van der Waals surface area contributed by atoms with Gasteiger partial charge >= 0.3 is 5.97 Å². The fourth-order valence-electron chi connectivity index (χ4n) is 4.50. The predicted molar refractivity (Wildman–Crippen MR) is 149 cm³/mol. The molecule has 1 atom stereocenters. The number of hydrogen-bond acceptors (Lipinski definition) is 7. The minimum Gasteiger partial charge on any atom is -0.493 e. The molecule has 0 saturated heterocycles. The highest BCUT2D eigenvalue weighted by Gasteiger charge is 2.33. The number of halogens is 1. The zero-order chi connectivity index (χ0) is 26.6. The summed E-state index contributed by atoms with van der Waals surface area (Å²) in [5, 5.41) is 11.1. The first-order chi connectivity index (χ1) is 18.5. The van der Waals surface area contributed by atoms with Crippen LogP contribution in [0.5, 0.6) is 17.2 Å². The Morgan fingerprint density at radius 2 is 1.89 bits per heavy atom. The Morgan fingerprint density at radius 3 is 2.68 bits per heavy atom. The van der Waals surface area contributed by atoms with Crippen molar-refractivity contribution in [1.29, 1.82) is 5.26 Å². The van der Waals surface area contributed by atoms with Gasteiger partial charge < -0.3 is 19.9 Å². The molecule has 1 aromatic heterocycles. The number of allylic oxidation sites excluding steroid dienone is 1. The number of unbranched alkanes of at least 4 members (excludes halogenated alkanes) is 2. The first-order valence-corrected chi connectivity index (χ1v) is 13.5. The monoisotopic (exact) mass is 544 g/mol. The summed E-state index contributed by atoms with van der Waals surface area (Å²) in [7, 11) is 0. The normalized spacial score (nSPS) is 14.5. The van der Waals surface area contributed by atoms with Crippen molar-refractivity contribution in [2.24, 2.45) is 5.73 Å². The number of fused-ring (bicyclic) bond motifs is 2. The second-order valence-electron chi connectivity index (χ2n) is 8.85. The zero-order valence-corrected chi connectivity index (χ0v) is 22.3. The lowest BCUT2D eigenvalue weighted by atomic mass is 9.83. The molecule has 2 N–H and O–H groups in total. The zero-order valence-electron chi connectivity index (χ0n) is 20.7. The topological polar surface area (TPSA) is 94.6 Å². The molecule has 3 aromatic carbocycles. The average molecular weight is 545 g/mol. The number of hydrogen-bond donors (Lipinski definition) is 1. The highest BCUT2D eigenvalue weighted by atomic mass is 35.5. The van der Waals surface area contributed by atoms with Gasteiger partial charge in [-0.05, 0) is 24.6 Å². The average Bonchev–Trinajstić information content (AvgIpc) is 3.27. The van der Waals surface area contributed by atoms with Crippen molar-refractivity contribution in [3.63, 3.8) is 0 Å². The van der Waals surface area contributed by atoms with Crippen molar-refractivity contribution in [3.05, 3.63) is 99.2 Å². The van der Waals surface area contributed by atoms with E-state index in [-0.39, 0.29) is 11.6 Å². The number of nitrogens with zero attached hydrogens (tertiary/aromatic N) is 1. The van der Waals surface area contributed by atoms with E-state index in [4.69, 9.17) is 31.5 Å². The fraction of sp³-hybridized carbons (Fsp3) is 0.200. The molecule has 0 radical (unpaired) electrons. The highest BCUT2D eigenvalue weighted by Crippen LogP contribution is 2.46. The summed E-state index contributed by atoms with van der Waals surface area (Å²) in [4.78, 5) is 13.3. The Kier molecular flexibility index (Phi) is 7.54. The molecule has 2 heterocycles. The highest BCUT2D eigenvalue weighted by molar-refractivity contribution is 7.21. The number of thiophene rings is 1. The molecule has 0 aliphatic carbocycles. The number of benzene rings is 3. The molecular weight excluding hydrogens is 520 g/mol. The third-order valence-corrected chi connectivity index (χ3v) is 8.01. The van der Waals surface area contributed by atoms with E-state index in [0.717, 1.165) is 40.5 Å². The van der Waals surface area contributed by atoms with Gasteiger partial charge in [0.15, 0.2) is 0 Å². The lowest BCUT2D eigenvalue weighted by Gasteiger charge is -2.28. The van der Waals surface area contributed by atoms with Crippen LogP contribution < -0.4 is 19.9 Å². The molecule has 6 nitrogen and oxygen atoms in total. The molecule has 1 unspecified atom stereocenters. The molecule has 4 aromatic rings. The summed E-state index contributed by atoms with van der Waals surface area (Å²) >= 11 is 7.74. The Balaban J connectivity index is 1.46. The van der Waals surface area contributed by atoms with Gasteiger partial charge in [0.2, 0.25) is 5.88 Å². The summed E-state index contributed by atoms with van der Waals surface area (Å²) in [5.74, 6) is 0.320. The predicted octanol–water partition coefficient (Wildman–Crippen LogP) is 7.56. The number of ether oxygens (including phenoxy) is 3. The van der Waals surface area contributed by atoms with Crippen LogP contribution in [0.4, 0.5) is 0 Å². The summed E-state index contributed by atoms with van der Waals surface area (Å²) in [6.45, 7) is 2.72. The Morgan fingerprint density at radius 1 is 1.11 bits per heavy atom. The van der Waals surface area contributed by atoms with Gasteiger partial charge in [0.1, 0.15) is 33.8 Å². The Hall–Kier alpha value is -3.99. The van der Waals surface area contributed by atoms with Crippen LogP contribution in [0, 0.1) is 11.3 Å². The summed E-state index contributed by atoms with van der Waals surface area (Å²) in [5.41, 5.74) is 8.03. The standard InChI is InChI=1S/C30H25ClN2O4S/c1-2-3-8-15-35-23-11-6-4-9-19(23)26-20-14-13-18(16-24(20)37-29(33)22(26)17-32)36-30(34)28-27(31)21-10-5-7-12-25(21)38-28/h4-7,9-14,16,26H,2-3,8,15,33H2,1H3. The molecule has 38 heavy (non-hydrogen) atoms. The molecular formula is C30H25ClN2O4S. The van der Waals surface area contributed by atoms with E-state index in [1.807, 2.05) is 48.5 Å². The largest absolute Gasteiger partial charge is 0.493 e. The SMILES string of the molecule is CCCCCOc1ccccc1C1C(C#N)=C(N)Oc2cc(OC(=O)c3sc4ccccc4c3Cl)ccc21. The van der Waals surface area contributed by atoms with Crippen LogP contribution in [-0.2, 0) is 0 Å². The quantitative estimate of drug-likeness (QED) is 0.140. The van der Waals surface area contributed by atoms with E-state index < -0.39 is 11.9 Å². The third-order valence-electron chi connectivity index (χ3n) is 6.36. The minimum atomic E-state index is -0.560. The van der Waals surface area contributed by atoms with Crippen LogP contribution >= 0.6 is 22.9 Å². The Labute approximate surface area is 229 Å². The van der Waals surface area contributed by atoms with E-state index in [1.165, 1.54) is 11.3 Å². The maximum absolute atomic E-state index is 13.0. The van der Waals surface area contributed by atoms with Gasteiger partial charge in [-0.2, -0.15) is 5.26 Å². The molecule has 0 amide bonds. The number of esters is 1. The number of rotatable bonds is 8. The molecule has 0 saturated carbocycles. The number of para-hydroxylation sites is 1. The van der Waals surface area contributed by atoms with E-state index >= 15 is 0 Å². The van der Waals surface area contributed by atoms with Gasteiger partial charge in [-0.25, -0.2) is 4.79 Å². The van der Waals surface area contributed by atoms with Crippen molar-refractivity contribution in [1.82, 2.24) is 0 Å². The lowest BCUT2D eigenvalue weighted by Crippen LogP contribution is -2.21. The van der Waals surface area contributed by atoms with Crippen LogP contribution in [0.3, 0.4) is 0 Å². The first-order valence-electron chi connectivity index (χ1n) is 12.3. The van der Waals surface area contributed by atoms with Gasteiger partial charge in [0, 0.05) is 27.3 Å². The van der Waals surface area contributed by atoms with Crippen molar-refractivity contribution < 1.29 is 19.0 Å². The second-order valence-corrected chi connectivity index (χ2v) is 10.3. The van der Waals surface area contributed by atoms with Crippen LogP contribution in [-0.4, -0.2) is 12.6 Å². The number of carbonyl (C=O) groups is 1. The van der Waals surface area contributed by atoms with Crippen molar-refractivity contribution >= 4 is 39.0 Å². The molecule has 8 heteroatoms. The first kappa shape index (κ1) is 25.7. The van der Waals surface area contributed by atoms with Crippen LogP contribution in [0.1, 0.15) is 52.9 Å². The maximum Gasteiger partial charge on any atom is 0.355 e. The number of nitriles is 1.